The lowest BCUT2D eigenvalue weighted by atomic mass is 10.00. The number of aromatic nitrogens is 3. The van der Waals surface area contributed by atoms with E-state index in [2.05, 4.69) is 10.2 Å². The molecular formula is C15H10F3N3O3. The Labute approximate surface area is 132 Å². The molecule has 0 aliphatic carbocycles. The zero-order valence-corrected chi connectivity index (χ0v) is 12.0. The minimum absolute atomic E-state index is 0.191. The fourth-order valence-corrected chi connectivity index (χ4v) is 2.41. The average molecular weight is 337 g/mol. The molecule has 0 radical (unpaired) electrons. The molecule has 124 valence electrons. The number of rotatable bonds is 3. The van der Waals surface area contributed by atoms with E-state index >= 15 is 0 Å². The van der Waals surface area contributed by atoms with Crippen molar-refractivity contribution in [3.05, 3.63) is 52.6 Å². The topological polar surface area (TPSA) is 88.0 Å². The molecule has 2 aromatic heterocycles. The van der Waals surface area contributed by atoms with Crippen LogP contribution in [0.15, 0.2) is 41.5 Å². The number of nitrogens with one attached hydrogen (secondary N) is 1. The zero-order chi connectivity index (χ0) is 17.5. The van der Waals surface area contributed by atoms with Crippen LogP contribution in [0.5, 0.6) is 0 Å². The summed E-state index contributed by atoms with van der Waals surface area (Å²) in [7, 11) is 0. The SMILES string of the molecule is O=C(O)Cn1cc(-c2cc(C(F)(F)F)cc3[nH]ncc23)ccc1=O. The normalized spacial score (nSPS) is 11.8. The van der Waals surface area contributed by atoms with E-state index in [1.54, 1.807) is 0 Å². The van der Waals surface area contributed by atoms with Crippen LogP contribution in [0.1, 0.15) is 5.56 Å². The van der Waals surface area contributed by atoms with E-state index in [4.69, 9.17) is 5.11 Å². The number of halogens is 3. The number of fused-ring (bicyclic) bond motifs is 1. The Kier molecular flexibility index (Phi) is 3.63. The van der Waals surface area contributed by atoms with Crippen molar-refractivity contribution in [3.8, 4) is 11.1 Å². The predicted molar refractivity (Wildman–Crippen MR) is 78.4 cm³/mol. The molecule has 0 unspecified atom stereocenters. The maximum absolute atomic E-state index is 13.1. The Balaban J connectivity index is 2.24. The average Bonchev–Trinajstić information content (AvgIpc) is 2.95. The highest BCUT2D eigenvalue weighted by Gasteiger charge is 2.31. The second kappa shape index (κ2) is 5.52. The van der Waals surface area contributed by atoms with Crippen molar-refractivity contribution in [1.29, 1.82) is 0 Å². The molecule has 0 aliphatic rings. The number of hydrogen-bond acceptors (Lipinski definition) is 3. The Hall–Kier alpha value is -3.10. The van der Waals surface area contributed by atoms with Crippen LogP contribution < -0.4 is 5.56 Å². The Morgan fingerprint density at radius 3 is 2.71 bits per heavy atom. The molecule has 3 aromatic rings. The fraction of sp³-hybridized carbons (Fsp3) is 0.133. The van der Waals surface area contributed by atoms with Crippen molar-refractivity contribution >= 4 is 16.9 Å². The first-order chi connectivity index (χ1) is 11.3. The number of hydrogen-bond donors (Lipinski definition) is 2. The number of aromatic amines is 1. The van der Waals surface area contributed by atoms with Gasteiger partial charge in [0, 0.05) is 17.6 Å². The van der Waals surface area contributed by atoms with Crippen LogP contribution in [0.3, 0.4) is 0 Å². The number of benzene rings is 1. The lowest BCUT2D eigenvalue weighted by molar-refractivity contribution is -0.138. The molecule has 0 saturated carbocycles. The highest BCUT2D eigenvalue weighted by atomic mass is 19.4. The summed E-state index contributed by atoms with van der Waals surface area (Å²) in [5.41, 5.74) is -0.751. The van der Waals surface area contributed by atoms with Gasteiger partial charge in [-0.1, -0.05) is 0 Å². The number of aliphatic carboxylic acids is 1. The van der Waals surface area contributed by atoms with Gasteiger partial charge in [0.1, 0.15) is 6.54 Å². The summed E-state index contributed by atoms with van der Waals surface area (Å²) in [6, 6.07) is 4.36. The van der Waals surface area contributed by atoms with Crippen LogP contribution in [0, 0.1) is 0 Å². The van der Waals surface area contributed by atoms with E-state index < -0.39 is 29.8 Å². The third-order valence-electron chi connectivity index (χ3n) is 3.49. The van der Waals surface area contributed by atoms with Gasteiger partial charge >= 0.3 is 12.1 Å². The van der Waals surface area contributed by atoms with Gasteiger partial charge in [-0.3, -0.25) is 14.7 Å². The molecule has 0 spiro atoms. The van der Waals surface area contributed by atoms with Crippen molar-refractivity contribution in [2.24, 2.45) is 0 Å². The van der Waals surface area contributed by atoms with Crippen molar-refractivity contribution in [3.63, 3.8) is 0 Å². The Morgan fingerprint density at radius 1 is 1.29 bits per heavy atom. The van der Waals surface area contributed by atoms with Crippen LogP contribution in [-0.4, -0.2) is 25.8 Å². The number of carboxylic acid groups (broad SMARTS) is 1. The van der Waals surface area contributed by atoms with Gasteiger partial charge in [-0.2, -0.15) is 18.3 Å². The third kappa shape index (κ3) is 2.87. The van der Waals surface area contributed by atoms with Crippen molar-refractivity contribution in [2.75, 3.05) is 0 Å². The molecule has 0 amide bonds. The fourth-order valence-electron chi connectivity index (χ4n) is 2.41. The molecule has 0 saturated heterocycles. The van der Waals surface area contributed by atoms with Crippen molar-refractivity contribution < 1.29 is 23.1 Å². The zero-order valence-electron chi connectivity index (χ0n) is 12.0. The third-order valence-corrected chi connectivity index (χ3v) is 3.49. The molecule has 0 fully saturated rings. The summed E-state index contributed by atoms with van der Waals surface area (Å²) >= 11 is 0. The maximum atomic E-state index is 13.1. The summed E-state index contributed by atoms with van der Waals surface area (Å²) in [6.45, 7) is -0.583. The van der Waals surface area contributed by atoms with Gasteiger partial charge in [0.25, 0.3) is 5.56 Å². The first-order valence-corrected chi connectivity index (χ1v) is 6.72. The lowest BCUT2D eigenvalue weighted by Gasteiger charge is -2.11. The minimum Gasteiger partial charge on any atom is -0.480 e. The molecule has 2 heterocycles. The van der Waals surface area contributed by atoms with Crippen LogP contribution in [0.4, 0.5) is 13.2 Å². The van der Waals surface area contributed by atoms with E-state index in [1.807, 2.05) is 0 Å². The highest BCUT2D eigenvalue weighted by molar-refractivity contribution is 5.94. The van der Waals surface area contributed by atoms with Crippen LogP contribution in [-0.2, 0) is 17.5 Å². The van der Waals surface area contributed by atoms with Gasteiger partial charge in [0.05, 0.1) is 17.3 Å². The molecule has 24 heavy (non-hydrogen) atoms. The molecular weight excluding hydrogens is 327 g/mol. The van der Waals surface area contributed by atoms with Crippen LogP contribution >= 0.6 is 0 Å². The molecule has 1 aromatic carbocycles. The minimum atomic E-state index is -4.55. The standard InChI is InChI=1S/C15H10F3N3O3/c16-15(17,18)9-3-10(11-5-19-20-12(11)4-9)8-1-2-13(22)21(6-8)7-14(23)24/h1-6H,7H2,(H,19,20)(H,23,24). The maximum Gasteiger partial charge on any atom is 0.416 e. The Morgan fingerprint density at radius 2 is 2.04 bits per heavy atom. The van der Waals surface area contributed by atoms with E-state index in [1.165, 1.54) is 18.5 Å². The van der Waals surface area contributed by atoms with E-state index in [0.717, 1.165) is 22.8 Å². The van der Waals surface area contributed by atoms with Gasteiger partial charge in [0.15, 0.2) is 0 Å². The van der Waals surface area contributed by atoms with Gasteiger partial charge in [0.2, 0.25) is 0 Å². The van der Waals surface area contributed by atoms with Crippen molar-refractivity contribution in [2.45, 2.75) is 12.7 Å². The van der Waals surface area contributed by atoms with Gasteiger partial charge in [-0.15, -0.1) is 0 Å². The predicted octanol–water partition coefficient (Wildman–Crippen LogP) is 2.50. The van der Waals surface area contributed by atoms with Gasteiger partial charge in [-0.25, -0.2) is 0 Å². The van der Waals surface area contributed by atoms with E-state index in [-0.39, 0.29) is 16.6 Å². The molecule has 0 atom stereocenters. The molecule has 9 heteroatoms. The molecule has 2 N–H and O–H groups in total. The summed E-state index contributed by atoms with van der Waals surface area (Å²) in [4.78, 5) is 22.5. The van der Waals surface area contributed by atoms with E-state index in [9.17, 15) is 22.8 Å². The first kappa shape index (κ1) is 15.8. The molecule has 0 aliphatic heterocycles. The quantitative estimate of drug-likeness (QED) is 0.769. The molecule has 0 bridgehead atoms. The summed E-state index contributed by atoms with van der Waals surface area (Å²) in [6.07, 6.45) is -1.96. The largest absolute Gasteiger partial charge is 0.480 e. The molecule has 6 nitrogen and oxygen atoms in total. The lowest BCUT2D eigenvalue weighted by Crippen LogP contribution is -2.22. The highest BCUT2D eigenvalue weighted by Crippen LogP contribution is 2.36. The molecule has 3 rings (SSSR count). The second-order valence-electron chi connectivity index (χ2n) is 5.13. The Bertz CT molecular complexity index is 989. The van der Waals surface area contributed by atoms with Gasteiger partial charge in [-0.05, 0) is 29.3 Å². The number of nitrogens with zero attached hydrogens (tertiary/aromatic N) is 2. The van der Waals surface area contributed by atoms with Crippen LogP contribution in [0.25, 0.3) is 22.0 Å². The number of alkyl halides is 3. The monoisotopic (exact) mass is 337 g/mol. The smallest absolute Gasteiger partial charge is 0.416 e. The second-order valence-corrected chi connectivity index (χ2v) is 5.13. The van der Waals surface area contributed by atoms with E-state index in [0.29, 0.717) is 5.39 Å². The van der Waals surface area contributed by atoms with Crippen molar-refractivity contribution in [1.82, 2.24) is 14.8 Å². The number of carbonyl (C=O) groups is 1. The summed E-state index contributed by atoms with van der Waals surface area (Å²) in [5.74, 6) is -1.23. The first-order valence-electron chi connectivity index (χ1n) is 6.72. The number of pyridine rings is 1. The number of H-pyrrole nitrogens is 1. The number of carboxylic acids is 1. The van der Waals surface area contributed by atoms with Crippen LogP contribution in [0.2, 0.25) is 0 Å². The van der Waals surface area contributed by atoms with Gasteiger partial charge < -0.3 is 9.67 Å². The summed E-state index contributed by atoms with van der Waals surface area (Å²) < 4.78 is 40.1. The summed E-state index contributed by atoms with van der Waals surface area (Å²) in [5, 5.41) is 15.5.